The summed E-state index contributed by atoms with van der Waals surface area (Å²) in [6, 6.07) is 5.32. The third-order valence-corrected chi connectivity index (χ3v) is 2.98. The van der Waals surface area contributed by atoms with Crippen molar-refractivity contribution in [1.29, 1.82) is 0 Å². The predicted molar refractivity (Wildman–Crippen MR) is 73.8 cm³/mol. The summed E-state index contributed by atoms with van der Waals surface area (Å²) in [5.74, 6) is 1.28. The van der Waals surface area contributed by atoms with Crippen molar-refractivity contribution < 1.29 is 14.3 Å². The highest BCUT2D eigenvalue weighted by molar-refractivity contribution is 5.94. The van der Waals surface area contributed by atoms with Crippen molar-refractivity contribution in [2.75, 3.05) is 19.8 Å². The molecular formula is C15H21NO3. The van der Waals surface area contributed by atoms with Crippen LogP contribution in [0, 0.1) is 5.41 Å². The van der Waals surface area contributed by atoms with Crippen LogP contribution in [0.25, 0.3) is 0 Å². The molecule has 0 aliphatic carbocycles. The van der Waals surface area contributed by atoms with Gasteiger partial charge < -0.3 is 14.8 Å². The highest BCUT2D eigenvalue weighted by Crippen LogP contribution is 2.34. The van der Waals surface area contributed by atoms with Crippen LogP contribution in [0.15, 0.2) is 18.2 Å². The molecule has 0 spiro atoms. The number of amides is 1. The Labute approximate surface area is 114 Å². The second kappa shape index (κ2) is 5.51. The highest BCUT2D eigenvalue weighted by Gasteiger charge is 2.25. The molecule has 0 saturated heterocycles. The van der Waals surface area contributed by atoms with Crippen molar-refractivity contribution in [1.82, 2.24) is 5.32 Å². The molecule has 2 rings (SSSR count). The van der Waals surface area contributed by atoms with Gasteiger partial charge in [0, 0.05) is 17.5 Å². The van der Waals surface area contributed by atoms with Crippen LogP contribution in [0.2, 0.25) is 0 Å². The molecule has 0 unspecified atom stereocenters. The number of nitrogens with one attached hydrogen (secondary N) is 1. The van der Waals surface area contributed by atoms with Gasteiger partial charge in [-0.3, -0.25) is 4.79 Å². The molecule has 1 heterocycles. The van der Waals surface area contributed by atoms with Crippen molar-refractivity contribution in [2.45, 2.75) is 27.2 Å². The molecule has 0 bridgehead atoms. The van der Waals surface area contributed by atoms with Gasteiger partial charge in [0.25, 0.3) is 5.91 Å². The third-order valence-electron chi connectivity index (χ3n) is 2.98. The Hall–Kier alpha value is -1.71. The summed E-state index contributed by atoms with van der Waals surface area (Å²) in [4.78, 5) is 11.9. The Bertz CT molecular complexity index is 468. The van der Waals surface area contributed by atoms with E-state index >= 15 is 0 Å². The van der Waals surface area contributed by atoms with Gasteiger partial charge >= 0.3 is 0 Å². The van der Waals surface area contributed by atoms with Gasteiger partial charge in [-0.15, -0.1) is 0 Å². The predicted octanol–water partition coefficient (Wildman–Crippen LogP) is 2.62. The summed E-state index contributed by atoms with van der Waals surface area (Å²) in [6.45, 7) is 8.08. The van der Waals surface area contributed by atoms with Crippen LogP contribution in [0.5, 0.6) is 11.5 Å². The van der Waals surface area contributed by atoms with Gasteiger partial charge in [0.05, 0.1) is 13.2 Å². The molecule has 4 nitrogen and oxygen atoms in total. The van der Waals surface area contributed by atoms with Crippen LogP contribution in [0.3, 0.4) is 0 Å². The van der Waals surface area contributed by atoms with E-state index in [1.54, 1.807) is 18.2 Å². The molecule has 1 amide bonds. The molecule has 0 fully saturated rings. The van der Waals surface area contributed by atoms with Crippen LogP contribution in [0.4, 0.5) is 0 Å². The lowest BCUT2D eigenvalue weighted by molar-refractivity contribution is 0.0953. The Morgan fingerprint density at radius 3 is 2.63 bits per heavy atom. The van der Waals surface area contributed by atoms with Crippen molar-refractivity contribution in [3.63, 3.8) is 0 Å². The standard InChI is InChI=1S/C15H21NO3/c1-4-7-16-14(17)11-5-6-12-13(8-11)19-10-15(2,3)9-18-12/h5-6,8H,4,7,9-10H2,1-3H3,(H,16,17). The van der Waals surface area contributed by atoms with Crippen LogP contribution in [-0.2, 0) is 0 Å². The maximum absolute atomic E-state index is 11.9. The molecule has 0 saturated carbocycles. The summed E-state index contributed by atoms with van der Waals surface area (Å²) in [7, 11) is 0. The number of rotatable bonds is 3. The first-order valence-electron chi connectivity index (χ1n) is 6.70. The van der Waals surface area contributed by atoms with E-state index in [2.05, 4.69) is 19.2 Å². The minimum atomic E-state index is -0.0724. The van der Waals surface area contributed by atoms with Crippen LogP contribution < -0.4 is 14.8 Å². The Balaban J connectivity index is 2.16. The molecule has 4 heteroatoms. The summed E-state index contributed by atoms with van der Waals surface area (Å²) < 4.78 is 11.5. The number of ether oxygens (including phenoxy) is 2. The fourth-order valence-electron chi connectivity index (χ4n) is 1.81. The number of fused-ring (bicyclic) bond motifs is 1. The van der Waals surface area contributed by atoms with Gasteiger partial charge in [-0.25, -0.2) is 0 Å². The van der Waals surface area contributed by atoms with Crippen molar-refractivity contribution in [3.8, 4) is 11.5 Å². The van der Waals surface area contributed by atoms with Crippen molar-refractivity contribution in [2.24, 2.45) is 5.41 Å². The fourth-order valence-corrected chi connectivity index (χ4v) is 1.81. The van der Waals surface area contributed by atoms with E-state index in [0.717, 1.165) is 6.42 Å². The molecular weight excluding hydrogens is 242 g/mol. The maximum Gasteiger partial charge on any atom is 0.251 e. The number of benzene rings is 1. The van der Waals surface area contributed by atoms with Crippen LogP contribution >= 0.6 is 0 Å². The van der Waals surface area contributed by atoms with E-state index in [1.807, 2.05) is 6.92 Å². The lowest BCUT2D eigenvalue weighted by Crippen LogP contribution is -2.26. The molecule has 1 aliphatic rings. The lowest BCUT2D eigenvalue weighted by atomic mass is 9.97. The first-order chi connectivity index (χ1) is 9.02. The Morgan fingerprint density at radius 2 is 1.95 bits per heavy atom. The normalized spacial score (nSPS) is 16.6. The summed E-state index contributed by atoms with van der Waals surface area (Å²) >= 11 is 0. The van der Waals surface area contributed by atoms with E-state index < -0.39 is 0 Å². The van der Waals surface area contributed by atoms with E-state index in [-0.39, 0.29) is 11.3 Å². The monoisotopic (exact) mass is 263 g/mol. The molecule has 1 aromatic carbocycles. The fraction of sp³-hybridized carbons (Fsp3) is 0.533. The Kier molecular flexibility index (Phi) is 3.98. The van der Waals surface area contributed by atoms with Gasteiger partial charge in [-0.2, -0.15) is 0 Å². The summed E-state index contributed by atoms with van der Waals surface area (Å²) in [6.07, 6.45) is 0.921. The molecule has 19 heavy (non-hydrogen) atoms. The zero-order valence-corrected chi connectivity index (χ0v) is 11.8. The highest BCUT2D eigenvalue weighted by atomic mass is 16.5. The number of carbonyl (C=O) groups is 1. The SMILES string of the molecule is CCCNC(=O)c1ccc2c(c1)OCC(C)(C)CO2. The smallest absolute Gasteiger partial charge is 0.251 e. The topological polar surface area (TPSA) is 47.6 Å². The summed E-state index contributed by atoms with van der Waals surface area (Å²) in [5, 5.41) is 2.85. The number of hydrogen-bond acceptors (Lipinski definition) is 3. The first-order valence-corrected chi connectivity index (χ1v) is 6.70. The minimum Gasteiger partial charge on any atom is -0.489 e. The minimum absolute atomic E-state index is 0.0242. The largest absolute Gasteiger partial charge is 0.489 e. The van der Waals surface area contributed by atoms with Gasteiger partial charge in [0.1, 0.15) is 0 Å². The average molecular weight is 263 g/mol. The quantitative estimate of drug-likeness (QED) is 0.912. The van der Waals surface area contributed by atoms with Crippen molar-refractivity contribution >= 4 is 5.91 Å². The molecule has 0 radical (unpaired) electrons. The van der Waals surface area contributed by atoms with Gasteiger partial charge in [-0.1, -0.05) is 20.8 Å². The first kappa shape index (κ1) is 13.7. The molecule has 1 aliphatic heterocycles. The van der Waals surface area contributed by atoms with E-state index in [0.29, 0.717) is 36.8 Å². The zero-order valence-electron chi connectivity index (χ0n) is 11.8. The second-order valence-corrected chi connectivity index (χ2v) is 5.66. The molecule has 1 N–H and O–H groups in total. The molecule has 1 aromatic rings. The zero-order chi connectivity index (χ0) is 13.9. The molecule has 0 aromatic heterocycles. The maximum atomic E-state index is 11.9. The average Bonchev–Trinajstić information content (AvgIpc) is 2.55. The second-order valence-electron chi connectivity index (χ2n) is 5.66. The third kappa shape index (κ3) is 3.40. The van der Waals surface area contributed by atoms with Crippen molar-refractivity contribution in [3.05, 3.63) is 23.8 Å². The molecule has 104 valence electrons. The van der Waals surface area contributed by atoms with Gasteiger partial charge in [0.2, 0.25) is 0 Å². The molecule has 0 atom stereocenters. The van der Waals surface area contributed by atoms with Gasteiger partial charge in [-0.05, 0) is 24.6 Å². The number of hydrogen-bond donors (Lipinski definition) is 1. The van der Waals surface area contributed by atoms with E-state index in [1.165, 1.54) is 0 Å². The Morgan fingerprint density at radius 1 is 1.26 bits per heavy atom. The van der Waals surface area contributed by atoms with E-state index in [4.69, 9.17) is 9.47 Å². The van der Waals surface area contributed by atoms with Crippen LogP contribution in [0.1, 0.15) is 37.6 Å². The van der Waals surface area contributed by atoms with Gasteiger partial charge in [0.15, 0.2) is 11.5 Å². The lowest BCUT2D eigenvalue weighted by Gasteiger charge is -2.19. The number of carbonyl (C=O) groups excluding carboxylic acids is 1. The van der Waals surface area contributed by atoms with E-state index in [9.17, 15) is 4.79 Å². The summed E-state index contributed by atoms with van der Waals surface area (Å²) in [5.41, 5.74) is 0.583. The van der Waals surface area contributed by atoms with Crippen LogP contribution in [-0.4, -0.2) is 25.7 Å².